The van der Waals surface area contributed by atoms with Crippen molar-refractivity contribution in [1.82, 2.24) is 5.32 Å². The quantitative estimate of drug-likeness (QED) is 0.0313. The molecule has 14 nitrogen and oxygen atoms in total. The van der Waals surface area contributed by atoms with Crippen LogP contribution >= 0.6 is 0 Å². The Hall–Kier alpha value is -1.01. The first-order valence-electron chi connectivity index (χ1n) is 25.3. The van der Waals surface area contributed by atoms with Crippen LogP contribution in [0.3, 0.4) is 0 Å². The predicted molar refractivity (Wildman–Crippen MR) is 240 cm³/mol. The van der Waals surface area contributed by atoms with E-state index in [0.717, 1.165) is 51.4 Å². The Morgan fingerprint density at radius 2 is 0.919 bits per heavy atom. The number of hydrogen-bond donors (Lipinski definition) is 9. The molecule has 9 N–H and O–H groups in total. The third-order valence-corrected chi connectivity index (χ3v) is 12.8. The van der Waals surface area contributed by atoms with Crippen LogP contribution < -0.4 is 5.32 Å². The summed E-state index contributed by atoms with van der Waals surface area (Å²) < 4.78 is 22.7. The molecule has 0 aromatic rings. The van der Waals surface area contributed by atoms with Gasteiger partial charge in [-0.2, -0.15) is 0 Å². The Bertz CT molecular complexity index is 1060. The molecule has 2 aliphatic rings. The summed E-state index contributed by atoms with van der Waals surface area (Å²) in [6.45, 7) is 2.85. The highest BCUT2D eigenvalue weighted by Crippen LogP contribution is 2.30. The van der Waals surface area contributed by atoms with Crippen LogP contribution in [0.5, 0.6) is 0 Å². The van der Waals surface area contributed by atoms with Gasteiger partial charge >= 0.3 is 0 Å². The molecule has 0 saturated carbocycles. The van der Waals surface area contributed by atoms with E-state index in [1.807, 2.05) is 0 Å². The van der Waals surface area contributed by atoms with Crippen LogP contribution in [0.25, 0.3) is 0 Å². The van der Waals surface area contributed by atoms with Crippen LogP contribution in [0.15, 0.2) is 0 Å². The minimum Gasteiger partial charge on any atom is -0.394 e. The number of amides is 1. The summed E-state index contributed by atoms with van der Waals surface area (Å²) in [7, 11) is 0. The zero-order chi connectivity index (χ0) is 45.4. The molecule has 368 valence electrons. The Morgan fingerprint density at radius 1 is 0.516 bits per heavy atom. The number of carbonyl (C=O) groups is 1. The largest absolute Gasteiger partial charge is 0.394 e. The molecule has 0 unspecified atom stereocenters. The molecule has 0 radical (unpaired) electrons. The van der Waals surface area contributed by atoms with Gasteiger partial charge in [-0.3, -0.25) is 4.79 Å². The second kappa shape index (κ2) is 36.2. The van der Waals surface area contributed by atoms with Gasteiger partial charge in [0.2, 0.25) is 5.91 Å². The molecule has 2 saturated heterocycles. The average molecular weight is 892 g/mol. The molecule has 0 spiro atoms. The molecular formula is C48H93NO13. The molecular weight excluding hydrogens is 799 g/mol. The van der Waals surface area contributed by atoms with Crippen molar-refractivity contribution >= 4 is 5.91 Å². The average Bonchev–Trinajstić information content (AvgIpc) is 3.27. The summed E-state index contributed by atoms with van der Waals surface area (Å²) in [5.41, 5.74) is 0. The van der Waals surface area contributed by atoms with Crippen molar-refractivity contribution in [3.63, 3.8) is 0 Å². The molecule has 0 bridgehead atoms. The number of carbonyl (C=O) groups excluding carboxylic acids is 1. The second-order valence-corrected chi connectivity index (χ2v) is 18.3. The van der Waals surface area contributed by atoms with Crippen molar-refractivity contribution in [2.75, 3.05) is 19.8 Å². The normalized spacial score (nSPS) is 27.6. The monoisotopic (exact) mass is 892 g/mol. The van der Waals surface area contributed by atoms with Crippen LogP contribution in [0, 0.1) is 0 Å². The van der Waals surface area contributed by atoms with Crippen LogP contribution in [-0.2, 0) is 23.7 Å². The molecule has 1 amide bonds. The van der Waals surface area contributed by atoms with E-state index in [0.29, 0.717) is 12.8 Å². The van der Waals surface area contributed by atoms with Crippen molar-refractivity contribution < 1.29 is 64.6 Å². The molecule has 2 heterocycles. The van der Waals surface area contributed by atoms with Gasteiger partial charge in [0, 0.05) is 6.42 Å². The number of unbranched alkanes of at least 4 members (excludes halogenated alkanes) is 26. The van der Waals surface area contributed by atoms with E-state index in [1.165, 1.54) is 128 Å². The van der Waals surface area contributed by atoms with Gasteiger partial charge in [0.1, 0.15) is 48.8 Å². The van der Waals surface area contributed by atoms with Gasteiger partial charge in [0.15, 0.2) is 12.6 Å². The lowest BCUT2D eigenvalue weighted by atomic mass is 9.97. The summed E-state index contributed by atoms with van der Waals surface area (Å²) in [5, 5.41) is 86.8. The predicted octanol–water partition coefficient (Wildman–Crippen LogP) is 6.22. The molecule has 14 heteroatoms. The first-order chi connectivity index (χ1) is 30.1. The first-order valence-corrected chi connectivity index (χ1v) is 25.3. The highest BCUT2D eigenvalue weighted by Gasteiger charge is 2.51. The maximum atomic E-state index is 13.2. The van der Waals surface area contributed by atoms with Gasteiger partial charge in [-0.05, 0) is 12.8 Å². The number of hydrogen-bond acceptors (Lipinski definition) is 13. The third-order valence-electron chi connectivity index (χ3n) is 12.8. The molecule has 0 aliphatic carbocycles. The highest BCUT2D eigenvalue weighted by atomic mass is 16.7. The Kier molecular flexibility index (Phi) is 33.3. The van der Waals surface area contributed by atoms with Crippen molar-refractivity contribution in [3.05, 3.63) is 0 Å². The van der Waals surface area contributed by atoms with E-state index in [2.05, 4.69) is 19.2 Å². The zero-order valence-electron chi connectivity index (χ0n) is 38.9. The SMILES string of the molecule is CCCCCCCCCCCCCCCCCC(=O)N[C@@H](CO[C@H]1O[C@@H](CO)[C@H](O[C@@H]2O[C@H](CO)[C@H](O)[C@@H](O)[C@@H]2O)[C@@H](O)[C@@H]1O)[C@H](O)CCCCCCCCCCCCCCC. The van der Waals surface area contributed by atoms with Crippen molar-refractivity contribution in [2.45, 2.75) is 280 Å². The Balaban J connectivity index is 1.84. The maximum Gasteiger partial charge on any atom is 0.220 e. The number of aliphatic hydroxyl groups excluding tert-OH is 8. The van der Waals surface area contributed by atoms with E-state index >= 15 is 0 Å². The minimum atomic E-state index is -1.78. The van der Waals surface area contributed by atoms with Gasteiger partial charge in [-0.15, -0.1) is 0 Å². The van der Waals surface area contributed by atoms with Crippen LogP contribution in [-0.4, -0.2) is 140 Å². The third kappa shape index (κ3) is 23.4. The lowest BCUT2D eigenvalue weighted by molar-refractivity contribution is -0.359. The van der Waals surface area contributed by atoms with Gasteiger partial charge in [-0.25, -0.2) is 0 Å². The van der Waals surface area contributed by atoms with Gasteiger partial charge in [-0.1, -0.05) is 187 Å². The molecule has 12 atom stereocenters. The van der Waals surface area contributed by atoms with Crippen LogP contribution in [0.2, 0.25) is 0 Å². The molecule has 2 rings (SSSR count). The Morgan fingerprint density at radius 3 is 1.37 bits per heavy atom. The second-order valence-electron chi connectivity index (χ2n) is 18.3. The summed E-state index contributed by atoms with van der Waals surface area (Å²) in [5.74, 6) is -0.205. The fourth-order valence-electron chi connectivity index (χ4n) is 8.65. The molecule has 0 aromatic heterocycles. The van der Waals surface area contributed by atoms with Gasteiger partial charge in [0.25, 0.3) is 0 Å². The molecule has 2 aliphatic heterocycles. The smallest absolute Gasteiger partial charge is 0.220 e. The van der Waals surface area contributed by atoms with Crippen LogP contribution in [0.4, 0.5) is 0 Å². The van der Waals surface area contributed by atoms with Crippen molar-refractivity contribution in [2.24, 2.45) is 0 Å². The van der Waals surface area contributed by atoms with E-state index in [1.54, 1.807) is 0 Å². The molecule has 2 fully saturated rings. The van der Waals surface area contributed by atoms with E-state index in [4.69, 9.17) is 18.9 Å². The summed E-state index contributed by atoms with van der Waals surface area (Å²) in [6.07, 6.45) is 18.1. The number of ether oxygens (including phenoxy) is 4. The standard InChI is InChI=1S/C48H93NO13/c1-3-5-7-9-11-13-15-17-18-20-22-24-26-28-30-32-40(53)49-36(37(52)31-29-27-25-23-21-19-16-14-12-10-8-6-4-2)35-59-47-45(58)43(56)46(39(34-51)61-47)62-48-44(57)42(55)41(54)38(33-50)60-48/h36-39,41-48,50-52,54-58H,3-35H2,1-2H3,(H,49,53)/t36-,37+,38+,39-,41-,42+,43-,44-,45-,46-,47-,48-/m0/s1. The highest BCUT2D eigenvalue weighted by molar-refractivity contribution is 5.76. The number of nitrogens with one attached hydrogen (secondary N) is 1. The lowest BCUT2D eigenvalue weighted by Crippen LogP contribution is -2.65. The van der Waals surface area contributed by atoms with E-state index < -0.39 is 86.8 Å². The summed E-state index contributed by atoms with van der Waals surface area (Å²) >= 11 is 0. The van der Waals surface area contributed by atoms with Gasteiger partial charge in [0.05, 0.1) is 32.0 Å². The minimum absolute atomic E-state index is 0.205. The maximum absolute atomic E-state index is 13.2. The zero-order valence-corrected chi connectivity index (χ0v) is 38.9. The number of rotatable bonds is 39. The number of aliphatic hydroxyl groups is 8. The van der Waals surface area contributed by atoms with Crippen LogP contribution in [0.1, 0.15) is 206 Å². The topological polar surface area (TPSA) is 228 Å². The molecule has 0 aromatic carbocycles. The summed E-state index contributed by atoms with van der Waals surface area (Å²) in [4.78, 5) is 13.2. The Labute approximate surface area is 374 Å². The van der Waals surface area contributed by atoms with Crippen molar-refractivity contribution in [1.29, 1.82) is 0 Å². The van der Waals surface area contributed by atoms with E-state index in [-0.39, 0.29) is 12.5 Å². The lowest BCUT2D eigenvalue weighted by Gasteiger charge is -2.46. The summed E-state index contributed by atoms with van der Waals surface area (Å²) in [6, 6.07) is -0.820. The van der Waals surface area contributed by atoms with Crippen molar-refractivity contribution in [3.8, 4) is 0 Å². The van der Waals surface area contributed by atoms with E-state index in [9.17, 15) is 45.6 Å². The molecule has 62 heavy (non-hydrogen) atoms. The fraction of sp³-hybridized carbons (Fsp3) is 0.979. The fourth-order valence-corrected chi connectivity index (χ4v) is 8.65. The van der Waals surface area contributed by atoms with Gasteiger partial charge < -0.3 is 65.1 Å². The first kappa shape index (κ1) is 57.1.